The minimum atomic E-state index is 0.540. The Bertz CT molecular complexity index is 260. The fraction of sp³-hybridized carbons (Fsp3) is 0.667. The molecule has 1 aromatic rings. The largest absolute Gasteiger partial charge is 0.299 e. The van der Waals surface area contributed by atoms with Crippen molar-refractivity contribution in [3.8, 4) is 0 Å². The Morgan fingerprint density at radius 3 is 2.85 bits per heavy atom. The van der Waals surface area contributed by atoms with Gasteiger partial charge in [-0.2, -0.15) is 0 Å². The fourth-order valence-electron chi connectivity index (χ4n) is 1.20. The smallest absolute Gasteiger partial charge is 0.107 e. The lowest BCUT2D eigenvalue weighted by Crippen LogP contribution is -2.23. The second-order valence-electron chi connectivity index (χ2n) is 3.36. The molecular weight excluding hydrogens is 248 g/mol. The molecule has 0 aliphatic heterocycles. The third kappa shape index (κ3) is 4.20. The Morgan fingerprint density at radius 2 is 2.38 bits per heavy atom. The zero-order valence-corrected chi connectivity index (χ0v) is 10.7. The van der Waals surface area contributed by atoms with Gasteiger partial charge in [0.05, 0.1) is 6.54 Å². The number of nitrogens with zero attached hydrogens (tertiary/aromatic N) is 2. The molecule has 0 N–H and O–H groups in total. The SMILES string of the molecule is Cc1csc(CN(C)CC(C)Br)n1. The van der Waals surface area contributed by atoms with Crippen LogP contribution in [0.1, 0.15) is 17.6 Å². The van der Waals surface area contributed by atoms with Crippen molar-refractivity contribution in [1.82, 2.24) is 9.88 Å². The molecule has 0 saturated heterocycles. The van der Waals surface area contributed by atoms with Gasteiger partial charge < -0.3 is 0 Å². The maximum absolute atomic E-state index is 4.42. The number of hydrogen-bond acceptors (Lipinski definition) is 3. The van der Waals surface area contributed by atoms with Crippen LogP contribution in [0.3, 0.4) is 0 Å². The quantitative estimate of drug-likeness (QED) is 0.776. The lowest BCUT2D eigenvalue weighted by Gasteiger charge is -2.16. The summed E-state index contributed by atoms with van der Waals surface area (Å²) in [5, 5.41) is 3.30. The van der Waals surface area contributed by atoms with Crippen LogP contribution in [0.15, 0.2) is 5.38 Å². The molecule has 0 spiro atoms. The van der Waals surface area contributed by atoms with Gasteiger partial charge in [-0.05, 0) is 14.0 Å². The summed E-state index contributed by atoms with van der Waals surface area (Å²) in [6.07, 6.45) is 0. The number of rotatable bonds is 4. The van der Waals surface area contributed by atoms with Crippen LogP contribution in [0.5, 0.6) is 0 Å². The van der Waals surface area contributed by atoms with Gasteiger partial charge in [-0.25, -0.2) is 4.98 Å². The maximum atomic E-state index is 4.42. The van der Waals surface area contributed by atoms with Crippen LogP contribution >= 0.6 is 27.3 Å². The summed E-state index contributed by atoms with van der Waals surface area (Å²) >= 11 is 5.27. The van der Waals surface area contributed by atoms with Gasteiger partial charge in [0.1, 0.15) is 5.01 Å². The molecule has 0 saturated carbocycles. The van der Waals surface area contributed by atoms with Gasteiger partial charge in [0, 0.05) is 22.4 Å². The highest BCUT2D eigenvalue weighted by Crippen LogP contribution is 2.11. The van der Waals surface area contributed by atoms with Crippen molar-refractivity contribution >= 4 is 27.3 Å². The first kappa shape index (κ1) is 11.1. The van der Waals surface area contributed by atoms with Gasteiger partial charge >= 0.3 is 0 Å². The van der Waals surface area contributed by atoms with E-state index in [0.29, 0.717) is 4.83 Å². The predicted octanol–water partition coefficient (Wildman–Crippen LogP) is 2.67. The first-order chi connectivity index (χ1) is 6.08. The highest BCUT2D eigenvalue weighted by Gasteiger charge is 2.05. The van der Waals surface area contributed by atoms with Crippen LogP contribution in [0.25, 0.3) is 0 Å². The van der Waals surface area contributed by atoms with Crippen LogP contribution in [-0.4, -0.2) is 28.3 Å². The molecule has 74 valence electrons. The Hall–Kier alpha value is 0.0700. The number of hydrogen-bond donors (Lipinski definition) is 0. The number of aryl methyl sites for hydroxylation is 1. The molecular formula is C9H15BrN2S. The summed E-state index contributed by atoms with van der Waals surface area (Å²) < 4.78 is 0. The molecule has 0 bridgehead atoms. The van der Waals surface area contributed by atoms with E-state index in [4.69, 9.17) is 0 Å². The van der Waals surface area contributed by atoms with Crippen molar-refractivity contribution in [3.05, 3.63) is 16.1 Å². The molecule has 0 amide bonds. The Morgan fingerprint density at radius 1 is 1.69 bits per heavy atom. The van der Waals surface area contributed by atoms with Crippen LogP contribution < -0.4 is 0 Å². The molecule has 0 radical (unpaired) electrons. The monoisotopic (exact) mass is 262 g/mol. The highest BCUT2D eigenvalue weighted by molar-refractivity contribution is 9.09. The molecule has 0 aromatic carbocycles. The van der Waals surface area contributed by atoms with E-state index in [1.54, 1.807) is 11.3 Å². The second-order valence-corrected chi connectivity index (χ2v) is 5.87. The van der Waals surface area contributed by atoms with Crippen LogP contribution in [0, 0.1) is 6.92 Å². The predicted molar refractivity (Wildman–Crippen MR) is 61.6 cm³/mol. The van der Waals surface area contributed by atoms with Crippen LogP contribution in [-0.2, 0) is 6.54 Å². The molecule has 0 aliphatic carbocycles. The third-order valence-electron chi connectivity index (χ3n) is 1.64. The van der Waals surface area contributed by atoms with Crippen LogP contribution in [0.4, 0.5) is 0 Å². The Kier molecular flexibility index (Phi) is 4.35. The molecule has 0 fully saturated rings. The zero-order chi connectivity index (χ0) is 9.84. The third-order valence-corrected chi connectivity index (χ3v) is 2.88. The van der Waals surface area contributed by atoms with Crippen molar-refractivity contribution in [3.63, 3.8) is 0 Å². The van der Waals surface area contributed by atoms with Gasteiger partial charge in [0.15, 0.2) is 0 Å². The van der Waals surface area contributed by atoms with E-state index in [1.165, 1.54) is 5.01 Å². The van der Waals surface area contributed by atoms with E-state index in [2.05, 4.69) is 45.2 Å². The summed E-state index contributed by atoms with van der Waals surface area (Å²) in [5.41, 5.74) is 1.13. The van der Waals surface area contributed by atoms with E-state index in [-0.39, 0.29) is 0 Å². The molecule has 1 unspecified atom stereocenters. The average Bonchev–Trinajstić information content (AvgIpc) is 2.33. The van der Waals surface area contributed by atoms with E-state index in [0.717, 1.165) is 18.8 Å². The van der Waals surface area contributed by atoms with E-state index < -0.39 is 0 Å². The molecule has 1 atom stereocenters. The molecule has 0 aliphatic rings. The molecule has 1 rings (SSSR count). The Balaban J connectivity index is 2.40. The summed E-state index contributed by atoms with van der Waals surface area (Å²) in [6, 6.07) is 0. The van der Waals surface area contributed by atoms with Crippen molar-refractivity contribution < 1.29 is 0 Å². The van der Waals surface area contributed by atoms with E-state index in [9.17, 15) is 0 Å². The van der Waals surface area contributed by atoms with Gasteiger partial charge in [-0.15, -0.1) is 11.3 Å². The van der Waals surface area contributed by atoms with Crippen LogP contribution in [0.2, 0.25) is 0 Å². The number of aromatic nitrogens is 1. The summed E-state index contributed by atoms with van der Waals surface area (Å²) in [5.74, 6) is 0. The minimum absolute atomic E-state index is 0.540. The first-order valence-electron chi connectivity index (χ1n) is 4.31. The number of alkyl halides is 1. The summed E-state index contributed by atoms with van der Waals surface area (Å²) in [6.45, 7) is 6.20. The lowest BCUT2D eigenvalue weighted by molar-refractivity contribution is 0.332. The summed E-state index contributed by atoms with van der Waals surface area (Å²) in [7, 11) is 2.12. The zero-order valence-electron chi connectivity index (χ0n) is 8.25. The Labute approximate surface area is 92.1 Å². The average molecular weight is 263 g/mol. The van der Waals surface area contributed by atoms with E-state index >= 15 is 0 Å². The topological polar surface area (TPSA) is 16.1 Å². The van der Waals surface area contributed by atoms with Crippen molar-refractivity contribution in [1.29, 1.82) is 0 Å². The highest BCUT2D eigenvalue weighted by atomic mass is 79.9. The van der Waals surface area contributed by atoms with Crippen molar-refractivity contribution in [2.75, 3.05) is 13.6 Å². The molecule has 2 nitrogen and oxygen atoms in total. The van der Waals surface area contributed by atoms with Gasteiger partial charge in [-0.1, -0.05) is 22.9 Å². The van der Waals surface area contributed by atoms with Crippen molar-refractivity contribution in [2.24, 2.45) is 0 Å². The second kappa shape index (κ2) is 5.08. The molecule has 1 aromatic heterocycles. The van der Waals surface area contributed by atoms with Gasteiger partial charge in [0.2, 0.25) is 0 Å². The maximum Gasteiger partial charge on any atom is 0.107 e. The van der Waals surface area contributed by atoms with Gasteiger partial charge in [0.25, 0.3) is 0 Å². The summed E-state index contributed by atoms with van der Waals surface area (Å²) in [4.78, 5) is 7.24. The molecule has 13 heavy (non-hydrogen) atoms. The minimum Gasteiger partial charge on any atom is -0.299 e. The number of thiazole rings is 1. The molecule has 4 heteroatoms. The van der Waals surface area contributed by atoms with E-state index in [1.807, 2.05) is 6.92 Å². The van der Waals surface area contributed by atoms with Gasteiger partial charge in [-0.3, -0.25) is 4.90 Å². The normalized spacial score (nSPS) is 13.6. The fourth-order valence-corrected chi connectivity index (χ4v) is 2.55. The first-order valence-corrected chi connectivity index (χ1v) is 6.11. The standard InChI is InChI=1S/C9H15BrN2S/c1-7(10)4-12(3)5-9-11-8(2)6-13-9/h6-7H,4-5H2,1-3H3. The number of halogens is 1. The van der Waals surface area contributed by atoms with Crippen molar-refractivity contribution in [2.45, 2.75) is 25.2 Å². The lowest BCUT2D eigenvalue weighted by atomic mass is 10.4. The molecule has 1 heterocycles.